The quantitative estimate of drug-likeness (QED) is 0.580. The van der Waals surface area contributed by atoms with E-state index in [4.69, 9.17) is 0 Å². The zero-order valence-corrected chi connectivity index (χ0v) is 8.29. The Balaban J connectivity index is 2.04. The number of piperidine rings is 1. The van der Waals surface area contributed by atoms with Crippen LogP contribution < -0.4 is 0 Å². The third kappa shape index (κ3) is 1.27. The maximum Gasteiger partial charge on any atom is 0.0263 e. The molecule has 2 heteroatoms. The van der Waals surface area contributed by atoms with Gasteiger partial charge < -0.3 is 4.90 Å². The molecule has 0 aromatic heterocycles. The van der Waals surface area contributed by atoms with Crippen molar-refractivity contribution in [1.82, 2.24) is 9.80 Å². The molecule has 0 spiro atoms. The molecule has 0 amide bonds. The lowest BCUT2D eigenvalue weighted by atomic mass is 9.97. The van der Waals surface area contributed by atoms with Crippen molar-refractivity contribution in [2.75, 3.05) is 26.7 Å². The fourth-order valence-corrected chi connectivity index (χ4v) is 2.89. The summed E-state index contributed by atoms with van der Waals surface area (Å²) in [4.78, 5) is 5.21. The van der Waals surface area contributed by atoms with Crippen LogP contribution in [0.2, 0.25) is 0 Å². The summed E-state index contributed by atoms with van der Waals surface area (Å²) < 4.78 is 0. The molecule has 2 aliphatic heterocycles. The van der Waals surface area contributed by atoms with E-state index in [1.54, 1.807) is 0 Å². The van der Waals surface area contributed by atoms with Crippen molar-refractivity contribution >= 4 is 0 Å². The summed E-state index contributed by atoms with van der Waals surface area (Å²) >= 11 is 0. The topological polar surface area (TPSA) is 6.48 Å². The molecule has 0 aromatic rings. The zero-order chi connectivity index (χ0) is 8.55. The summed E-state index contributed by atoms with van der Waals surface area (Å²) in [5.74, 6) is 0. The minimum absolute atomic E-state index is 0.874. The normalized spacial score (nSPS) is 38.5. The van der Waals surface area contributed by atoms with Gasteiger partial charge in [-0.1, -0.05) is 6.92 Å². The van der Waals surface area contributed by atoms with Crippen LogP contribution in [-0.4, -0.2) is 48.6 Å². The second kappa shape index (κ2) is 3.35. The highest BCUT2D eigenvalue weighted by Crippen LogP contribution is 2.28. The number of hydrogen-bond donors (Lipinski definition) is 0. The van der Waals surface area contributed by atoms with Gasteiger partial charge in [-0.3, -0.25) is 4.90 Å². The van der Waals surface area contributed by atoms with Crippen LogP contribution in [0.25, 0.3) is 0 Å². The molecule has 2 unspecified atom stereocenters. The summed E-state index contributed by atoms with van der Waals surface area (Å²) in [5, 5.41) is 0. The Hall–Kier alpha value is -0.0800. The van der Waals surface area contributed by atoms with Crippen LogP contribution in [0.3, 0.4) is 0 Å². The van der Waals surface area contributed by atoms with Crippen LogP contribution in [0, 0.1) is 0 Å². The minimum atomic E-state index is 0.874. The van der Waals surface area contributed by atoms with Crippen molar-refractivity contribution in [3.05, 3.63) is 0 Å². The predicted molar refractivity (Wildman–Crippen MR) is 51.3 cm³/mol. The Kier molecular flexibility index (Phi) is 2.37. The zero-order valence-electron chi connectivity index (χ0n) is 8.29. The van der Waals surface area contributed by atoms with E-state index >= 15 is 0 Å². The summed E-state index contributed by atoms with van der Waals surface area (Å²) in [6, 6.07) is 1.76. The first-order chi connectivity index (χ1) is 5.83. The van der Waals surface area contributed by atoms with E-state index in [0.29, 0.717) is 0 Å². The van der Waals surface area contributed by atoms with Gasteiger partial charge in [0.1, 0.15) is 0 Å². The first-order valence-electron chi connectivity index (χ1n) is 5.27. The van der Waals surface area contributed by atoms with Gasteiger partial charge in [-0.05, 0) is 45.9 Å². The fraction of sp³-hybridized carbons (Fsp3) is 1.00. The van der Waals surface area contributed by atoms with Crippen LogP contribution in [0.15, 0.2) is 0 Å². The molecule has 0 bridgehead atoms. The number of hydrogen-bond acceptors (Lipinski definition) is 2. The van der Waals surface area contributed by atoms with Gasteiger partial charge in [-0.25, -0.2) is 0 Å². The van der Waals surface area contributed by atoms with E-state index in [-0.39, 0.29) is 0 Å². The molecule has 0 radical (unpaired) electrons. The molecule has 2 atom stereocenters. The van der Waals surface area contributed by atoms with Crippen LogP contribution in [0.1, 0.15) is 26.2 Å². The van der Waals surface area contributed by atoms with Gasteiger partial charge in [0.2, 0.25) is 0 Å². The van der Waals surface area contributed by atoms with Gasteiger partial charge in [0, 0.05) is 12.1 Å². The van der Waals surface area contributed by atoms with E-state index in [1.807, 2.05) is 0 Å². The average Bonchev–Trinajstić information content (AvgIpc) is 2.48. The second-order valence-corrected chi connectivity index (χ2v) is 4.17. The minimum Gasteiger partial charge on any atom is -0.302 e. The standard InChI is InChI=1S/C10H20N2/c1-3-12-7-4-5-9-10(12)6-8-11(9)2/h9-10H,3-8H2,1-2H3. The van der Waals surface area contributed by atoms with Gasteiger partial charge in [0.15, 0.2) is 0 Å². The third-order valence-electron chi connectivity index (χ3n) is 3.61. The third-order valence-corrected chi connectivity index (χ3v) is 3.61. The molecule has 12 heavy (non-hydrogen) atoms. The fourth-order valence-electron chi connectivity index (χ4n) is 2.89. The molecule has 2 fully saturated rings. The first-order valence-corrected chi connectivity index (χ1v) is 5.27. The van der Waals surface area contributed by atoms with Crippen molar-refractivity contribution in [3.8, 4) is 0 Å². The number of fused-ring (bicyclic) bond motifs is 1. The molecular weight excluding hydrogens is 148 g/mol. The molecule has 2 aliphatic rings. The smallest absolute Gasteiger partial charge is 0.0263 e. The highest BCUT2D eigenvalue weighted by atomic mass is 15.3. The van der Waals surface area contributed by atoms with E-state index < -0.39 is 0 Å². The molecule has 0 aromatic carbocycles. The number of rotatable bonds is 1. The lowest BCUT2D eigenvalue weighted by Crippen LogP contribution is -2.48. The van der Waals surface area contributed by atoms with Gasteiger partial charge >= 0.3 is 0 Å². The monoisotopic (exact) mass is 168 g/mol. The van der Waals surface area contributed by atoms with Crippen LogP contribution in [0.5, 0.6) is 0 Å². The number of nitrogens with zero attached hydrogens (tertiary/aromatic N) is 2. The lowest BCUT2D eigenvalue weighted by molar-refractivity contribution is 0.110. The van der Waals surface area contributed by atoms with Gasteiger partial charge in [-0.2, -0.15) is 0 Å². The molecule has 2 rings (SSSR count). The molecule has 2 heterocycles. The molecule has 70 valence electrons. The van der Waals surface area contributed by atoms with Gasteiger partial charge in [0.05, 0.1) is 0 Å². The predicted octanol–water partition coefficient (Wildman–Crippen LogP) is 1.17. The largest absolute Gasteiger partial charge is 0.302 e. The Labute approximate surface area is 75.5 Å². The van der Waals surface area contributed by atoms with Crippen molar-refractivity contribution in [1.29, 1.82) is 0 Å². The highest BCUT2D eigenvalue weighted by Gasteiger charge is 2.37. The van der Waals surface area contributed by atoms with E-state index in [9.17, 15) is 0 Å². The Morgan fingerprint density at radius 3 is 2.75 bits per heavy atom. The molecule has 2 saturated heterocycles. The summed E-state index contributed by atoms with van der Waals surface area (Å²) in [5.41, 5.74) is 0. The van der Waals surface area contributed by atoms with Gasteiger partial charge in [-0.15, -0.1) is 0 Å². The summed E-state index contributed by atoms with van der Waals surface area (Å²) in [6.07, 6.45) is 4.23. The summed E-state index contributed by atoms with van der Waals surface area (Å²) in [6.45, 7) is 6.19. The van der Waals surface area contributed by atoms with Crippen LogP contribution in [-0.2, 0) is 0 Å². The number of likely N-dealkylation sites (tertiary alicyclic amines) is 2. The van der Waals surface area contributed by atoms with Crippen molar-refractivity contribution < 1.29 is 0 Å². The molecule has 0 saturated carbocycles. The van der Waals surface area contributed by atoms with Crippen molar-refractivity contribution in [2.24, 2.45) is 0 Å². The Bertz CT molecular complexity index is 158. The highest BCUT2D eigenvalue weighted by molar-refractivity contribution is 4.94. The molecule has 0 aliphatic carbocycles. The van der Waals surface area contributed by atoms with Crippen molar-refractivity contribution in [3.63, 3.8) is 0 Å². The second-order valence-electron chi connectivity index (χ2n) is 4.17. The molecular formula is C10H20N2. The van der Waals surface area contributed by atoms with Crippen LogP contribution in [0.4, 0.5) is 0 Å². The average molecular weight is 168 g/mol. The maximum absolute atomic E-state index is 2.66. The van der Waals surface area contributed by atoms with E-state index in [2.05, 4.69) is 23.8 Å². The molecule has 0 N–H and O–H groups in total. The number of likely N-dealkylation sites (N-methyl/N-ethyl adjacent to an activating group) is 2. The van der Waals surface area contributed by atoms with E-state index in [0.717, 1.165) is 12.1 Å². The SMILES string of the molecule is CCN1CCCC2C1CCN2C. The maximum atomic E-state index is 2.66. The molecule has 2 nitrogen and oxygen atoms in total. The van der Waals surface area contributed by atoms with Crippen molar-refractivity contribution in [2.45, 2.75) is 38.3 Å². The first kappa shape index (κ1) is 8.52. The lowest BCUT2D eigenvalue weighted by Gasteiger charge is -2.38. The Morgan fingerprint density at radius 1 is 1.17 bits per heavy atom. The Morgan fingerprint density at radius 2 is 2.00 bits per heavy atom. The van der Waals surface area contributed by atoms with Gasteiger partial charge in [0.25, 0.3) is 0 Å². The van der Waals surface area contributed by atoms with E-state index in [1.165, 1.54) is 38.9 Å². The summed E-state index contributed by atoms with van der Waals surface area (Å²) in [7, 11) is 2.28. The van der Waals surface area contributed by atoms with Crippen LogP contribution >= 0.6 is 0 Å².